The van der Waals surface area contributed by atoms with Crippen molar-refractivity contribution in [1.29, 1.82) is 0 Å². The van der Waals surface area contributed by atoms with Crippen LogP contribution in [0.5, 0.6) is 0 Å². The van der Waals surface area contributed by atoms with Crippen molar-refractivity contribution in [2.24, 2.45) is 5.92 Å². The van der Waals surface area contributed by atoms with Crippen molar-refractivity contribution >= 4 is 0 Å². The molecule has 0 amide bonds. The number of nitrogens with one attached hydrogen (secondary N) is 1. The zero-order valence-corrected chi connectivity index (χ0v) is 7.05. The average molecular weight is 171 g/mol. The van der Waals surface area contributed by atoms with Crippen molar-refractivity contribution in [2.45, 2.75) is 49.9 Å². The molecular formula is C9H14FNO. The molecule has 68 valence electrons. The highest BCUT2D eigenvalue weighted by Gasteiger charge is 2.55. The number of piperidine rings is 2. The van der Waals surface area contributed by atoms with Crippen LogP contribution in [0.15, 0.2) is 0 Å². The molecule has 0 radical (unpaired) electrons. The van der Waals surface area contributed by atoms with Gasteiger partial charge in [-0.25, -0.2) is 4.39 Å². The largest absolute Gasteiger partial charge is 0.634 e. The minimum absolute atomic E-state index is 0.0984. The van der Waals surface area contributed by atoms with E-state index in [1.165, 1.54) is 0 Å². The van der Waals surface area contributed by atoms with Crippen LogP contribution in [-0.4, -0.2) is 17.8 Å². The standard InChI is InChI=1S/C9H14FNO/c10-9-3-6-1-7(4-9)11(12)8(2-6)5-9/h6-8,11H,1-5H2/t6?,7-,8+,9?. The van der Waals surface area contributed by atoms with E-state index in [4.69, 9.17) is 0 Å². The summed E-state index contributed by atoms with van der Waals surface area (Å²) in [5.41, 5.74) is -0.940. The van der Waals surface area contributed by atoms with Gasteiger partial charge in [-0.3, -0.25) is 0 Å². The van der Waals surface area contributed by atoms with Gasteiger partial charge >= 0.3 is 0 Å². The molecular weight excluding hydrogens is 157 g/mol. The summed E-state index contributed by atoms with van der Waals surface area (Å²) >= 11 is 0. The second kappa shape index (κ2) is 2.02. The Balaban J connectivity index is 1.95. The van der Waals surface area contributed by atoms with E-state index in [-0.39, 0.29) is 12.1 Å². The maximum absolute atomic E-state index is 13.9. The van der Waals surface area contributed by atoms with E-state index in [0.717, 1.165) is 19.3 Å². The maximum Gasteiger partial charge on any atom is 0.122 e. The Morgan fingerprint density at radius 1 is 1.17 bits per heavy atom. The van der Waals surface area contributed by atoms with E-state index < -0.39 is 5.67 Å². The smallest absolute Gasteiger partial charge is 0.122 e. The Morgan fingerprint density at radius 3 is 2.25 bits per heavy atom. The summed E-state index contributed by atoms with van der Waals surface area (Å²) in [5, 5.41) is 11.9. The second-order valence-corrected chi connectivity index (χ2v) is 4.90. The van der Waals surface area contributed by atoms with E-state index in [2.05, 4.69) is 0 Å². The van der Waals surface area contributed by atoms with Gasteiger partial charge in [-0.15, -0.1) is 0 Å². The van der Waals surface area contributed by atoms with Gasteiger partial charge in [0.25, 0.3) is 0 Å². The molecule has 2 saturated carbocycles. The lowest BCUT2D eigenvalue weighted by Gasteiger charge is -2.57. The van der Waals surface area contributed by atoms with Crippen LogP contribution in [0, 0.1) is 11.1 Å². The minimum Gasteiger partial charge on any atom is -0.634 e. The van der Waals surface area contributed by atoms with Gasteiger partial charge < -0.3 is 10.3 Å². The van der Waals surface area contributed by atoms with Gasteiger partial charge in [0.15, 0.2) is 0 Å². The van der Waals surface area contributed by atoms with Crippen LogP contribution >= 0.6 is 0 Å². The van der Waals surface area contributed by atoms with E-state index >= 15 is 0 Å². The molecule has 2 aliphatic carbocycles. The number of halogens is 1. The third-order valence-electron chi connectivity index (χ3n) is 3.92. The Morgan fingerprint density at radius 2 is 1.75 bits per heavy atom. The van der Waals surface area contributed by atoms with Crippen LogP contribution in [0.25, 0.3) is 0 Å². The molecule has 2 heterocycles. The fourth-order valence-electron chi connectivity index (χ4n) is 3.65. The molecule has 3 heteroatoms. The molecule has 2 saturated heterocycles. The predicted molar refractivity (Wildman–Crippen MR) is 42.3 cm³/mol. The molecule has 0 spiro atoms. The van der Waals surface area contributed by atoms with Crippen molar-refractivity contribution in [2.75, 3.05) is 0 Å². The van der Waals surface area contributed by atoms with Gasteiger partial charge in [0.1, 0.15) is 5.67 Å². The van der Waals surface area contributed by atoms with Crippen molar-refractivity contribution < 1.29 is 9.45 Å². The second-order valence-electron chi connectivity index (χ2n) is 4.90. The number of hydroxylamine groups is 2. The topological polar surface area (TPSA) is 27.5 Å². The summed E-state index contributed by atoms with van der Waals surface area (Å²) in [6.07, 6.45) is 3.80. The first-order valence-corrected chi connectivity index (χ1v) is 4.89. The average Bonchev–Trinajstić information content (AvgIpc) is 1.96. The van der Waals surface area contributed by atoms with Crippen LogP contribution in [0.3, 0.4) is 0 Å². The van der Waals surface area contributed by atoms with Crippen LogP contribution < -0.4 is 5.06 Å². The first kappa shape index (κ1) is 7.27. The summed E-state index contributed by atoms with van der Waals surface area (Å²) in [6.45, 7) is 0. The maximum atomic E-state index is 13.9. The van der Waals surface area contributed by atoms with Crippen LogP contribution in [-0.2, 0) is 0 Å². The molecule has 12 heavy (non-hydrogen) atoms. The summed E-state index contributed by atoms with van der Waals surface area (Å²) in [7, 11) is 0. The summed E-state index contributed by atoms with van der Waals surface area (Å²) < 4.78 is 13.9. The molecule has 0 aromatic carbocycles. The summed E-state index contributed by atoms with van der Waals surface area (Å²) in [5.74, 6) is 0.533. The van der Waals surface area contributed by atoms with Crippen molar-refractivity contribution in [3.8, 4) is 0 Å². The number of quaternary nitrogens is 1. The quantitative estimate of drug-likeness (QED) is 0.526. The number of rotatable bonds is 0. The molecule has 5 atom stereocenters. The van der Waals surface area contributed by atoms with E-state index in [1.54, 1.807) is 0 Å². The minimum atomic E-state index is -0.940. The van der Waals surface area contributed by atoms with Gasteiger partial charge in [-0.1, -0.05) is 0 Å². The third kappa shape index (κ3) is 0.811. The molecule has 1 N–H and O–H groups in total. The molecule has 4 fully saturated rings. The Hall–Kier alpha value is -0.150. The number of hydrogen-bond donors (Lipinski definition) is 1. The zero-order valence-electron chi connectivity index (χ0n) is 7.05. The first-order valence-electron chi connectivity index (χ1n) is 4.89. The molecule has 0 aromatic heterocycles. The van der Waals surface area contributed by atoms with Gasteiger partial charge in [-0.05, 0) is 12.3 Å². The molecule has 3 unspecified atom stereocenters. The first-order chi connectivity index (χ1) is 5.66. The van der Waals surface area contributed by atoms with Gasteiger partial charge in [0.05, 0.1) is 12.1 Å². The van der Waals surface area contributed by atoms with Crippen molar-refractivity contribution in [1.82, 2.24) is 0 Å². The number of hydrogen-bond acceptors (Lipinski definition) is 1. The van der Waals surface area contributed by atoms with E-state index in [0.29, 0.717) is 23.8 Å². The molecule has 2 aliphatic heterocycles. The summed E-state index contributed by atoms with van der Waals surface area (Å²) in [4.78, 5) is 0. The predicted octanol–water partition coefficient (Wildman–Crippen LogP) is 0.422. The number of alkyl halides is 1. The van der Waals surface area contributed by atoms with Crippen molar-refractivity contribution in [3.63, 3.8) is 0 Å². The van der Waals surface area contributed by atoms with Crippen LogP contribution in [0.4, 0.5) is 4.39 Å². The summed E-state index contributed by atoms with van der Waals surface area (Å²) in [6, 6.07) is 0.197. The SMILES string of the molecule is [O-][NH+]1[C@@H]2CC3C[C@H]1CC(F)(C3)C2. The third-order valence-corrected chi connectivity index (χ3v) is 3.92. The lowest BCUT2D eigenvalue weighted by molar-refractivity contribution is -0.921. The fourth-order valence-corrected chi connectivity index (χ4v) is 3.65. The Bertz CT molecular complexity index is 205. The van der Waals surface area contributed by atoms with Crippen LogP contribution in [0.1, 0.15) is 32.1 Å². The highest BCUT2D eigenvalue weighted by Crippen LogP contribution is 2.47. The molecule has 4 bridgehead atoms. The monoisotopic (exact) mass is 171 g/mol. The molecule has 4 aliphatic rings. The normalized spacial score (nSPS) is 62.5. The van der Waals surface area contributed by atoms with Gasteiger partial charge in [0, 0.05) is 25.7 Å². The van der Waals surface area contributed by atoms with E-state index in [9.17, 15) is 9.60 Å². The lowest BCUT2D eigenvalue weighted by atomic mass is 9.63. The van der Waals surface area contributed by atoms with Gasteiger partial charge in [-0.2, -0.15) is 0 Å². The van der Waals surface area contributed by atoms with Gasteiger partial charge in [0.2, 0.25) is 0 Å². The highest BCUT2D eigenvalue weighted by atomic mass is 19.1. The molecule has 2 nitrogen and oxygen atoms in total. The Kier molecular flexibility index (Phi) is 1.22. The fraction of sp³-hybridized carbons (Fsp3) is 1.00. The van der Waals surface area contributed by atoms with Crippen molar-refractivity contribution in [3.05, 3.63) is 5.21 Å². The van der Waals surface area contributed by atoms with E-state index in [1.807, 2.05) is 0 Å². The highest BCUT2D eigenvalue weighted by molar-refractivity contribution is 5.01. The Labute approximate surface area is 71.3 Å². The lowest BCUT2D eigenvalue weighted by Crippen LogP contribution is -3.18. The van der Waals surface area contributed by atoms with Crippen LogP contribution in [0.2, 0.25) is 0 Å². The zero-order chi connectivity index (χ0) is 8.34. The molecule has 0 aromatic rings. The molecule has 4 rings (SSSR count).